The number of carbonyl (C=O) groups excluding carboxylic acids is 1. The van der Waals surface area contributed by atoms with Gasteiger partial charge in [-0.05, 0) is 6.07 Å². The molecule has 1 aliphatic heterocycles. The minimum absolute atomic E-state index is 0.0832. The molecule has 0 saturated carbocycles. The molecular formula is C14H16N4O6. The molecule has 0 spiro atoms. The molecule has 24 heavy (non-hydrogen) atoms. The fraction of sp³-hybridized carbons (Fsp3) is 0.429. The number of nitriles is 1. The number of rotatable bonds is 4. The van der Waals surface area contributed by atoms with Crippen molar-refractivity contribution in [3.63, 3.8) is 0 Å². The zero-order valence-electron chi connectivity index (χ0n) is 13.0. The second-order valence-electron chi connectivity index (χ2n) is 5.39. The number of carbonyl (C=O) groups is 1. The van der Waals surface area contributed by atoms with Gasteiger partial charge in [0.2, 0.25) is 0 Å². The Morgan fingerprint density at radius 3 is 2.88 bits per heavy atom. The molecule has 0 amide bonds. The fourth-order valence-corrected chi connectivity index (χ4v) is 2.03. The summed E-state index contributed by atoms with van der Waals surface area (Å²) in [5.41, 5.74) is 2.15. The molecule has 2 atom stereocenters. The van der Waals surface area contributed by atoms with Gasteiger partial charge in [0, 0.05) is 6.20 Å². The van der Waals surface area contributed by atoms with Crippen LogP contribution in [0, 0.1) is 17.2 Å². The highest BCUT2D eigenvalue weighted by atomic mass is 16.6. The minimum atomic E-state index is -2.28. The normalized spacial score (nSPS) is 23.0. The lowest BCUT2D eigenvalue weighted by Crippen LogP contribution is -2.48. The molecule has 2 rings (SSSR count). The van der Waals surface area contributed by atoms with Crippen molar-refractivity contribution < 1.29 is 24.5 Å². The Bertz CT molecular complexity index is 793. The third-order valence-corrected chi connectivity index (χ3v) is 3.35. The number of esters is 1. The number of nitrogens with two attached hydrogens (primary N) is 1. The third-order valence-electron chi connectivity index (χ3n) is 3.35. The monoisotopic (exact) mass is 336 g/mol. The van der Waals surface area contributed by atoms with Crippen molar-refractivity contribution >= 4 is 11.8 Å². The van der Waals surface area contributed by atoms with E-state index < -0.39 is 41.8 Å². The molecule has 1 aromatic heterocycles. The van der Waals surface area contributed by atoms with Crippen LogP contribution in [0.25, 0.3) is 0 Å². The standard InChI is InChI=1S/C14H16N4O6/c1-7(2)12(21)23-5-8-10(19)11(20)14(6-15,24-8)18-4-3-9(16)17-13(18)22/h3-4,7,11,19-20H,5H2,1-2H3,(H2,16,17,22)/t11?,14-/m1/s1. The van der Waals surface area contributed by atoms with Crippen molar-refractivity contribution in [2.75, 3.05) is 12.3 Å². The lowest BCUT2D eigenvalue weighted by atomic mass is 10.1. The molecule has 128 valence electrons. The predicted octanol–water partition coefficient (Wildman–Crippen LogP) is -0.638. The Balaban J connectivity index is 2.34. The second-order valence-corrected chi connectivity index (χ2v) is 5.39. The van der Waals surface area contributed by atoms with Crippen molar-refractivity contribution in [1.82, 2.24) is 9.55 Å². The van der Waals surface area contributed by atoms with E-state index >= 15 is 0 Å². The van der Waals surface area contributed by atoms with E-state index in [0.29, 0.717) is 4.57 Å². The molecule has 0 radical (unpaired) electrons. The number of anilines is 1. The average Bonchev–Trinajstić information content (AvgIpc) is 2.77. The van der Waals surface area contributed by atoms with Crippen LogP contribution in [0.5, 0.6) is 0 Å². The summed E-state index contributed by atoms with van der Waals surface area (Å²) in [6.45, 7) is 2.72. The van der Waals surface area contributed by atoms with E-state index in [1.165, 1.54) is 6.07 Å². The van der Waals surface area contributed by atoms with Crippen LogP contribution >= 0.6 is 0 Å². The lowest BCUT2D eigenvalue weighted by molar-refractivity contribution is -0.148. The van der Waals surface area contributed by atoms with E-state index in [2.05, 4.69) is 4.98 Å². The van der Waals surface area contributed by atoms with Gasteiger partial charge in [-0.1, -0.05) is 13.8 Å². The lowest BCUT2D eigenvalue weighted by Gasteiger charge is -2.26. The van der Waals surface area contributed by atoms with Crippen LogP contribution in [0.3, 0.4) is 0 Å². The van der Waals surface area contributed by atoms with Gasteiger partial charge in [0.25, 0.3) is 0 Å². The van der Waals surface area contributed by atoms with Crippen molar-refractivity contribution in [3.8, 4) is 6.07 Å². The van der Waals surface area contributed by atoms with Gasteiger partial charge < -0.3 is 25.4 Å². The summed E-state index contributed by atoms with van der Waals surface area (Å²) in [5.74, 6) is -2.10. The van der Waals surface area contributed by atoms with E-state index in [-0.39, 0.29) is 11.6 Å². The molecule has 2 heterocycles. The fourth-order valence-electron chi connectivity index (χ4n) is 2.03. The molecule has 1 aromatic rings. The minimum Gasteiger partial charge on any atom is -0.506 e. The summed E-state index contributed by atoms with van der Waals surface area (Å²) in [6, 6.07) is 2.87. The Morgan fingerprint density at radius 2 is 2.33 bits per heavy atom. The SMILES string of the molecule is CC(C)C(=O)OCC1=C(O)C(O)[C@](C#N)(n2ccc(N)nc2=O)O1. The van der Waals surface area contributed by atoms with Crippen molar-refractivity contribution in [2.45, 2.75) is 25.7 Å². The zero-order chi connectivity index (χ0) is 18.1. The number of hydrogen-bond donors (Lipinski definition) is 3. The molecule has 4 N–H and O–H groups in total. The van der Waals surface area contributed by atoms with Gasteiger partial charge in [-0.3, -0.25) is 4.79 Å². The van der Waals surface area contributed by atoms with Crippen molar-refractivity contribution in [1.29, 1.82) is 5.26 Å². The van der Waals surface area contributed by atoms with E-state index in [9.17, 15) is 25.1 Å². The Hall–Kier alpha value is -3.06. The maximum Gasteiger partial charge on any atom is 0.353 e. The largest absolute Gasteiger partial charge is 0.506 e. The van der Waals surface area contributed by atoms with Gasteiger partial charge in [0.15, 0.2) is 24.2 Å². The maximum absolute atomic E-state index is 11.9. The second kappa shape index (κ2) is 6.21. The molecule has 10 nitrogen and oxygen atoms in total. The zero-order valence-corrected chi connectivity index (χ0v) is 13.0. The van der Waals surface area contributed by atoms with Crippen LogP contribution < -0.4 is 11.4 Å². The van der Waals surface area contributed by atoms with Gasteiger partial charge in [-0.2, -0.15) is 10.2 Å². The van der Waals surface area contributed by atoms with Crippen LogP contribution in [0.4, 0.5) is 5.82 Å². The highest BCUT2D eigenvalue weighted by Crippen LogP contribution is 2.36. The molecule has 1 unspecified atom stereocenters. The van der Waals surface area contributed by atoms with Crippen LogP contribution in [-0.4, -0.2) is 38.4 Å². The van der Waals surface area contributed by atoms with Gasteiger partial charge in [-0.25, -0.2) is 9.36 Å². The molecule has 10 heteroatoms. The summed E-state index contributed by atoms with van der Waals surface area (Å²) >= 11 is 0. The molecular weight excluding hydrogens is 320 g/mol. The van der Waals surface area contributed by atoms with Gasteiger partial charge in [0.05, 0.1) is 5.92 Å². The number of ether oxygens (including phenoxy) is 2. The molecule has 0 aliphatic carbocycles. The van der Waals surface area contributed by atoms with Gasteiger partial charge in [-0.15, -0.1) is 0 Å². The van der Waals surface area contributed by atoms with E-state index in [1.54, 1.807) is 19.9 Å². The maximum atomic E-state index is 11.9. The van der Waals surface area contributed by atoms with E-state index in [0.717, 1.165) is 6.20 Å². The molecule has 0 aromatic carbocycles. The van der Waals surface area contributed by atoms with Crippen LogP contribution in [0.2, 0.25) is 0 Å². The van der Waals surface area contributed by atoms with Crippen molar-refractivity contribution in [2.24, 2.45) is 5.92 Å². The quantitative estimate of drug-likeness (QED) is 0.607. The summed E-state index contributed by atoms with van der Waals surface area (Å²) in [6.07, 6.45) is -0.772. The Labute approximate surface area is 136 Å². The topological polar surface area (TPSA) is 161 Å². The van der Waals surface area contributed by atoms with Gasteiger partial charge >= 0.3 is 17.4 Å². The highest BCUT2D eigenvalue weighted by molar-refractivity contribution is 5.71. The van der Waals surface area contributed by atoms with Crippen LogP contribution in [-0.2, 0) is 20.0 Å². The first kappa shape index (κ1) is 17.3. The van der Waals surface area contributed by atoms with E-state index in [4.69, 9.17) is 15.2 Å². The number of aliphatic hydroxyl groups is 2. The van der Waals surface area contributed by atoms with Gasteiger partial charge in [0.1, 0.15) is 11.9 Å². The molecule has 0 saturated heterocycles. The van der Waals surface area contributed by atoms with E-state index in [1.807, 2.05) is 0 Å². The number of aliphatic hydroxyl groups excluding tert-OH is 2. The third kappa shape index (κ3) is 2.77. The molecule has 0 bridgehead atoms. The highest BCUT2D eigenvalue weighted by Gasteiger charge is 2.53. The molecule has 1 aliphatic rings. The Kier molecular flexibility index (Phi) is 4.48. The van der Waals surface area contributed by atoms with Crippen LogP contribution in [0.15, 0.2) is 28.6 Å². The first-order valence-electron chi connectivity index (χ1n) is 6.95. The number of hydrogen-bond acceptors (Lipinski definition) is 9. The average molecular weight is 336 g/mol. The first-order valence-corrected chi connectivity index (χ1v) is 6.95. The summed E-state index contributed by atoms with van der Waals surface area (Å²) in [7, 11) is 0. The number of aromatic nitrogens is 2. The smallest absolute Gasteiger partial charge is 0.353 e. The summed E-state index contributed by atoms with van der Waals surface area (Å²) in [5, 5.41) is 29.6. The number of nitrogen functional groups attached to an aromatic ring is 1. The van der Waals surface area contributed by atoms with Crippen LogP contribution in [0.1, 0.15) is 13.8 Å². The number of nitrogens with zero attached hydrogens (tertiary/aromatic N) is 3. The Morgan fingerprint density at radius 1 is 1.67 bits per heavy atom. The summed E-state index contributed by atoms with van der Waals surface area (Å²) in [4.78, 5) is 26.9. The summed E-state index contributed by atoms with van der Waals surface area (Å²) < 4.78 is 10.9. The first-order chi connectivity index (χ1) is 11.2. The molecule has 0 fully saturated rings. The predicted molar refractivity (Wildman–Crippen MR) is 79.0 cm³/mol. The van der Waals surface area contributed by atoms with Crippen molar-refractivity contribution in [3.05, 3.63) is 34.3 Å².